The first-order valence-corrected chi connectivity index (χ1v) is 7.26. The van der Waals surface area contributed by atoms with Crippen molar-refractivity contribution in [3.05, 3.63) is 70.9 Å². The van der Waals surface area contributed by atoms with Crippen molar-refractivity contribution in [3.8, 4) is 0 Å². The Hall–Kier alpha value is -2.92. The lowest BCUT2D eigenvalue weighted by Gasteiger charge is -2.08. The van der Waals surface area contributed by atoms with Gasteiger partial charge in [-0.15, -0.1) is 0 Å². The number of carboxylic acids is 1. The van der Waals surface area contributed by atoms with Crippen molar-refractivity contribution >= 4 is 22.4 Å². The van der Waals surface area contributed by atoms with Crippen LogP contribution < -0.4 is 0 Å². The van der Waals surface area contributed by atoms with Crippen LogP contribution in [-0.4, -0.2) is 26.0 Å². The minimum absolute atomic E-state index is 0.0258. The number of benzene rings is 2. The quantitative estimate of drug-likeness (QED) is 0.763. The van der Waals surface area contributed by atoms with E-state index >= 15 is 0 Å². The van der Waals surface area contributed by atoms with Crippen LogP contribution in [0, 0.1) is 0 Å². The van der Waals surface area contributed by atoms with E-state index in [2.05, 4.69) is 5.10 Å². The molecule has 3 aromatic rings. The molecule has 0 radical (unpaired) electrons. The highest BCUT2D eigenvalue weighted by atomic mass is 16.4. The van der Waals surface area contributed by atoms with E-state index < -0.39 is 12.1 Å². The summed E-state index contributed by atoms with van der Waals surface area (Å²) in [7, 11) is 1.73. The molecule has 1 heterocycles. The van der Waals surface area contributed by atoms with E-state index in [-0.39, 0.29) is 5.69 Å². The van der Waals surface area contributed by atoms with E-state index in [0.29, 0.717) is 5.39 Å². The summed E-state index contributed by atoms with van der Waals surface area (Å²) in [5.74, 6) is -1.06. The number of aliphatic hydroxyl groups is 1. The molecule has 1 aromatic heterocycles. The number of nitrogens with zero attached hydrogens (tertiary/aromatic N) is 2. The lowest BCUT2D eigenvalue weighted by atomic mass is 9.95. The third-order valence-corrected chi connectivity index (χ3v) is 4.26. The SMILES string of the molecule is Cn1nc(C(=O)O)c2c(C3=CC(O)c4ccccc43)cccc21. The topological polar surface area (TPSA) is 75.4 Å². The Morgan fingerprint density at radius 2 is 1.87 bits per heavy atom. The Balaban J connectivity index is 2.05. The van der Waals surface area contributed by atoms with Gasteiger partial charge in [-0.3, -0.25) is 4.68 Å². The molecule has 1 unspecified atom stereocenters. The number of aliphatic hydroxyl groups excluding tert-OH is 1. The van der Waals surface area contributed by atoms with E-state index in [9.17, 15) is 15.0 Å². The van der Waals surface area contributed by atoms with Crippen LogP contribution in [-0.2, 0) is 7.05 Å². The minimum atomic E-state index is -1.06. The largest absolute Gasteiger partial charge is 0.476 e. The molecule has 1 aliphatic carbocycles. The summed E-state index contributed by atoms with van der Waals surface area (Å²) in [5, 5.41) is 24.4. The molecule has 114 valence electrons. The van der Waals surface area contributed by atoms with Crippen molar-refractivity contribution in [3.63, 3.8) is 0 Å². The standard InChI is InChI=1S/C18H14N2O3/c1-20-14-8-4-7-12(16(14)17(19-20)18(22)23)13-9-15(21)11-6-3-2-5-10(11)13/h2-9,15,21H,1H3,(H,22,23). The first-order chi connectivity index (χ1) is 11.1. The predicted molar refractivity (Wildman–Crippen MR) is 86.2 cm³/mol. The molecule has 0 spiro atoms. The van der Waals surface area contributed by atoms with Gasteiger partial charge in [-0.2, -0.15) is 5.10 Å². The van der Waals surface area contributed by atoms with E-state index in [1.54, 1.807) is 17.8 Å². The van der Waals surface area contributed by atoms with Gasteiger partial charge in [0.1, 0.15) is 0 Å². The predicted octanol–water partition coefficient (Wildman–Crippen LogP) is 2.75. The van der Waals surface area contributed by atoms with Crippen LogP contribution in [0.25, 0.3) is 16.5 Å². The zero-order valence-corrected chi connectivity index (χ0v) is 12.4. The fraction of sp³-hybridized carbons (Fsp3) is 0.111. The molecular weight excluding hydrogens is 292 g/mol. The Labute approximate surface area is 132 Å². The molecule has 0 saturated carbocycles. The number of carboxylic acid groups (broad SMARTS) is 1. The molecule has 0 amide bonds. The van der Waals surface area contributed by atoms with Crippen molar-refractivity contribution in [2.75, 3.05) is 0 Å². The van der Waals surface area contributed by atoms with Gasteiger partial charge in [0.05, 0.1) is 11.6 Å². The van der Waals surface area contributed by atoms with Gasteiger partial charge >= 0.3 is 5.97 Å². The fourth-order valence-electron chi connectivity index (χ4n) is 3.26. The second kappa shape index (κ2) is 4.79. The summed E-state index contributed by atoms with van der Waals surface area (Å²) in [6.07, 6.45) is 1.08. The lowest BCUT2D eigenvalue weighted by Crippen LogP contribution is -2.00. The van der Waals surface area contributed by atoms with Crippen molar-refractivity contribution in [2.24, 2.45) is 7.05 Å². The summed E-state index contributed by atoms with van der Waals surface area (Å²) >= 11 is 0. The van der Waals surface area contributed by atoms with Gasteiger partial charge in [-0.05, 0) is 34.4 Å². The maximum absolute atomic E-state index is 11.6. The maximum atomic E-state index is 11.6. The van der Waals surface area contributed by atoms with Crippen LogP contribution in [0.4, 0.5) is 0 Å². The normalized spacial score (nSPS) is 16.4. The number of carbonyl (C=O) groups is 1. The summed E-state index contributed by atoms with van der Waals surface area (Å²) < 4.78 is 1.57. The Morgan fingerprint density at radius 1 is 1.13 bits per heavy atom. The molecular formula is C18H14N2O3. The first kappa shape index (κ1) is 13.7. The number of aromatic carboxylic acids is 1. The fourth-order valence-corrected chi connectivity index (χ4v) is 3.26. The zero-order chi connectivity index (χ0) is 16.1. The molecule has 0 aliphatic heterocycles. The van der Waals surface area contributed by atoms with Gasteiger partial charge in [-0.1, -0.05) is 36.4 Å². The number of rotatable bonds is 2. The molecule has 1 aliphatic rings. The van der Waals surface area contributed by atoms with Crippen LogP contribution >= 0.6 is 0 Å². The summed E-state index contributed by atoms with van der Waals surface area (Å²) in [6, 6.07) is 13.2. The van der Waals surface area contributed by atoms with Gasteiger partial charge in [-0.25, -0.2) is 4.79 Å². The molecule has 0 bridgehead atoms. The second-order valence-electron chi connectivity index (χ2n) is 5.59. The van der Waals surface area contributed by atoms with E-state index in [1.807, 2.05) is 42.5 Å². The molecule has 23 heavy (non-hydrogen) atoms. The van der Waals surface area contributed by atoms with Gasteiger partial charge in [0.2, 0.25) is 0 Å². The molecule has 5 nitrogen and oxygen atoms in total. The average molecular weight is 306 g/mol. The van der Waals surface area contributed by atoms with Crippen molar-refractivity contribution in [1.29, 1.82) is 0 Å². The highest BCUT2D eigenvalue weighted by Crippen LogP contribution is 2.40. The molecule has 2 N–H and O–H groups in total. The summed E-state index contributed by atoms with van der Waals surface area (Å²) in [6.45, 7) is 0. The van der Waals surface area contributed by atoms with Crippen LogP contribution in [0.3, 0.4) is 0 Å². The second-order valence-corrected chi connectivity index (χ2v) is 5.59. The Kier molecular flexibility index (Phi) is 2.86. The van der Waals surface area contributed by atoms with E-state index in [0.717, 1.165) is 27.8 Å². The lowest BCUT2D eigenvalue weighted by molar-refractivity contribution is 0.0691. The van der Waals surface area contributed by atoms with Gasteiger partial charge in [0.25, 0.3) is 0 Å². The average Bonchev–Trinajstić information content (AvgIpc) is 3.06. The van der Waals surface area contributed by atoms with Gasteiger partial charge in [0, 0.05) is 12.4 Å². The summed E-state index contributed by atoms with van der Waals surface area (Å²) in [4.78, 5) is 11.6. The van der Waals surface area contributed by atoms with Crippen LogP contribution in [0.2, 0.25) is 0 Å². The van der Waals surface area contributed by atoms with Crippen LogP contribution in [0.5, 0.6) is 0 Å². The van der Waals surface area contributed by atoms with Gasteiger partial charge < -0.3 is 10.2 Å². The number of hydrogen-bond acceptors (Lipinski definition) is 3. The minimum Gasteiger partial charge on any atom is -0.476 e. The maximum Gasteiger partial charge on any atom is 0.357 e. The smallest absolute Gasteiger partial charge is 0.357 e. The number of hydrogen-bond donors (Lipinski definition) is 2. The van der Waals surface area contributed by atoms with Crippen molar-refractivity contribution < 1.29 is 15.0 Å². The third kappa shape index (κ3) is 1.90. The molecule has 2 aromatic carbocycles. The highest BCUT2D eigenvalue weighted by molar-refractivity contribution is 6.08. The van der Waals surface area contributed by atoms with E-state index in [4.69, 9.17) is 0 Å². The molecule has 0 saturated heterocycles. The molecule has 1 atom stereocenters. The zero-order valence-electron chi connectivity index (χ0n) is 12.4. The third-order valence-electron chi connectivity index (χ3n) is 4.26. The highest BCUT2D eigenvalue weighted by Gasteiger charge is 2.26. The number of fused-ring (bicyclic) bond motifs is 2. The van der Waals surface area contributed by atoms with Crippen LogP contribution in [0.1, 0.15) is 33.3 Å². The first-order valence-electron chi connectivity index (χ1n) is 7.26. The Bertz CT molecular complexity index is 985. The van der Waals surface area contributed by atoms with Crippen molar-refractivity contribution in [2.45, 2.75) is 6.10 Å². The summed E-state index contributed by atoms with van der Waals surface area (Å²) in [5.41, 5.74) is 4.15. The van der Waals surface area contributed by atoms with Crippen molar-refractivity contribution in [1.82, 2.24) is 9.78 Å². The molecule has 0 fully saturated rings. The molecule has 5 heteroatoms. The van der Waals surface area contributed by atoms with Crippen LogP contribution in [0.15, 0.2) is 48.5 Å². The van der Waals surface area contributed by atoms with E-state index in [1.165, 1.54) is 0 Å². The monoisotopic (exact) mass is 306 g/mol. The molecule has 4 rings (SSSR count). The van der Waals surface area contributed by atoms with Gasteiger partial charge in [0.15, 0.2) is 5.69 Å². The number of aromatic nitrogens is 2. The Morgan fingerprint density at radius 3 is 2.65 bits per heavy atom. The number of aryl methyl sites for hydroxylation is 1.